The molecule has 0 radical (unpaired) electrons. The first kappa shape index (κ1) is 13.3. The minimum absolute atomic E-state index is 0.207. The summed E-state index contributed by atoms with van der Waals surface area (Å²) in [4.78, 5) is 11.6. The molecule has 100 valence electrons. The van der Waals surface area contributed by atoms with Gasteiger partial charge in [-0.05, 0) is 24.3 Å². The summed E-state index contributed by atoms with van der Waals surface area (Å²) in [5.74, 6) is 0.158. The second kappa shape index (κ2) is 6.70. The van der Waals surface area contributed by atoms with Crippen molar-refractivity contribution in [1.82, 2.24) is 5.32 Å². The first-order valence-corrected chi connectivity index (χ1v) is 6.03. The monoisotopic (exact) mass is 262 g/mol. The van der Waals surface area contributed by atoms with Gasteiger partial charge < -0.3 is 15.1 Å². The molecule has 5 heteroatoms. The predicted octanol–water partition coefficient (Wildman–Crippen LogP) is 2.54. The highest BCUT2D eigenvalue weighted by atomic mass is 19.1. The molecule has 4 nitrogen and oxygen atoms in total. The third kappa shape index (κ3) is 4.22. The van der Waals surface area contributed by atoms with Crippen molar-refractivity contribution in [2.75, 3.05) is 11.9 Å². The zero-order valence-electron chi connectivity index (χ0n) is 10.4. The van der Waals surface area contributed by atoms with Crippen LogP contribution in [0.1, 0.15) is 12.2 Å². The van der Waals surface area contributed by atoms with Gasteiger partial charge in [0.05, 0.1) is 18.5 Å². The predicted molar refractivity (Wildman–Crippen MR) is 70.1 cm³/mol. The Morgan fingerprint density at radius 1 is 1.21 bits per heavy atom. The van der Waals surface area contributed by atoms with Gasteiger partial charge in [0.25, 0.3) is 0 Å². The number of halogens is 1. The molecule has 2 rings (SSSR count). The number of furan rings is 1. The summed E-state index contributed by atoms with van der Waals surface area (Å²) < 4.78 is 18.4. The van der Waals surface area contributed by atoms with Gasteiger partial charge in [0, 0.05) is 13.0 Å². The van der Waals surface area contributed by atoms with Crippen LogP contribution in [-0.4, -0.2) is 12.5 Å². The van der Waals surface area contributed by atoms with E-state index in [1.807, 2.05) is 12.1 Å². The van der Waals surface area contributed by atoms with Crippen molar-refractivity contribution in [2.24, 2.45) is 0 Å². The fraction of sp³-hybridized carbons (Fsp3) is 0.214. The van der Waals surface area contributed by atoms with Gasteiger partial charge in [-0.1, -0.05) is 12.1 Å². The van der Waals surface area contributed by atoms with Gasteiger partial charge in [0.2, 0.25) is 5.91 Å². The van der Waals surface area contributed by atoms with E-state index in [1.165, 1.54) is 12.1 Å². The minimum atomic E-state index is -0.431. The van der Waals surface area contributed by atoms with Gasteiger partial charge in [-0.2, -0.15) is 0 Å². The Kier molecular flexibility index (Phi) is 4.69. The summed E-state index contributed by atoms with van der Waals surface area (Å²) in [7, 11) is 0. The van der Waals surface area contributed by atoms with Crippen molar-refractivity contribution in [1.29, 1.82) is 0 Å². The van der Waals surface area contributed by atoms with Crippen molar-refractivity contribution >= 4 is 11.6 Å². The summed E-state index contributed by atoms with van der Waals surface area (Å²) in [6.07, 6.45) is 1.87. The quantitative estimate of drug-likeness (QED) is 0.787. The van der Waals surface area contributed by atoms with Gasteiger partial charge in [-0.25, -0.2) is 4.39 Å². The van der Waals surface area contributed by atoms with Crippen LogP contribution in [0, 0.1) is 5.82 Å². The molecule has 0 bridgehead atoms. The Labute approximate surface area is 110 Å². The molecule has 1 aromatic heterocycles. The molecule has 0 spiro atoms. The lowest BCUT2D eigenvalue weighted by Gasteiger charge is -2.06. The highest BCUT2D eigenvalue weighted by Crippen LogP contribution is 2.12. The number of rotatable bonds is 6. The van der Waals surface area contributed by atoms with Crippen LogP contribution in [0.5, 0.6) is 0 Å². The van der Waals surface area contributed by atoms with Crippen molar-refractivity contribution < 1.29 is 13.6 Å². The minimum Gasteiger partial charge on any atom is -0.468 e. The highest BCUT2D eigenvalue weighted by Gasteiger charge is 2.05. The summed E-state index contributed by atoms with van der Waals surface area (Å²) in [5, 5.41) is 5.60. The lowest BCUT2D eigenvalue weighted by Crippen LogP contribution is -2.21. The Bertz CT molecular complexity index is 526. The molecule has 0 aliphatic heterocycles. The molecule has 1 aromatic carbocycles. The molecule has 19 heavy (non-hydrogen) atoms. The highest BCUT2D eigenvalue weighted by molar-refractivity contribution is 5.90. The van der Waals surface area contributed by atoms with E-state index in [4.69, 9.17) is 4.42 Å². The van der Waals surface area contributed by atoms with Crippen molar-refractivity contribution in [3.63, 3.8) is 0 Å². The SMILES string of the molecule is O=C(CCNCc1ccco1)Nc1ccccc1F. The van der Waals surface area contributed by atoms with Crippen molar-refractivity contribution in [3.8, 4) is 0 Å². The average molecular weight is 262 g/mol. The number of carbonyl (C=O) groups excluding carboxylic acids is 1. The zero-order valence-corrected chi connectivity index (χ0v) is 10.4. The molecule has 0 saturated carbocycles. The first-order valence-electron chi connectivity index (χ1n) is 6.03. The number of carbonyl (C=O) groups is 1. The molecule has 0 unspecified atom stereocenters. The molecule has 0 aliphatic carbocycles. The Balaban J connectivity index is 1.69. The Morgan fingerprint density at radius 3 is 2.79 bits per heavy atom. The van der Waals surface area contributed by atoms with Gasteiger partial charge in [-0.15, -0.1) is 0 Å². The maximum Gasteiger partial charge on any atom is 0.225 e. The number of anilines is 1. The number of hydrogen-bond acceptors (Lipinski definition) is 3. The zero-order chi connectivity index (χ0) is 13.5. The molecule has 0 aliphatic rings. The second-order valence-corrected chi connectivity index (χ2v) is 4.03. The third-order valence-electron chi connectivity index (χ3n) is 2.56. The molecular formula is C14H15FN2O2. The number of amides is 1. The van der Waals surface area contributed by atoms with Crippen LogP contribution in [0.2, 0.25) is 0 Å². The van der Waals surface area contributed by atoms with Crippen LogP contribution in [-0.2, 0) is 11.3 Å². The lowest BCUT2D eigenvalue weighted by molar-refractivity contribution is -0.116. The normalized spacial score (nSPS) is 10.4. The van der Waals surface area contributed by atoms with Crippen LogP contribution < -0.4 is 10.6 Å². The van der Waals surface area contributed by atoms with E-state index in [-0.39, 0.29) is 18.0 Å². The smallest absolute Gasteiger partial charge is 0.225 e. The van der Waals surface area contributed by atoms with Crippen LogP contribution >= 0.6 is 0 Å². The molecular weight excluding hydrogens is 247 g/mol. The largest absolute Gasteiger partial charge is 0.468 e. The number of para-hydroxylation sites is 1. The van der Waals surface area contributed by atoms with Crippen LogP contribution in [0.4, 0.5) is 10.1 Å². The lowest BCUT2D eigenvalue weighted by atomic mass is 10.3. The van der Waals surface area contributed by atoms with E-state index >= 15 is 0 Å². The molecule has 1 amide bonds. The average Bonchev–Trinajstić information content (AvgIpc) is 2.91. The first-order chi connectivity index (χ1) is 9.25. The molecule has 0 atom stereocenters. The molecule has 0 saturated heterocycles. The maximum atomic E-state index is 13.3. The number of nitrogens with one attached hydrogen (secondary N) is 2. The Morgan fingerprint density at radius 2 is 2.05 bits per heavy atom. The number of hydrogen-bond donors (Lipinski definition) is 2. The van der Waals surface area contributed by atoms with E-state index in [1.54, 1.807) is 18.4 Å². The van der Waals surface area contributed by atoms with E-state index in [0.29, 0.717) is 13.1 Å². The summed E-state index contributed by atoms with van der Waals surface area (Å²) in [6.45, 7) is 1.07. The van der Waals surface area contributed by atoms with E-state index in [0.717, 1.165) is 5.76 Å². The molecule has 0 fully saturated rings. The van der Waals surface area contributed by atoms with E-state index in [9.17, 15) is 9.18 Å². The number of benzene rings is 1. The van der Waals surface area contributed by atoms with Gasteiger partial charge in [0.15, 0.2) is 0 Å². The standard InChI is InChI=1S/C14H15FN2O2/c15-12-5-1-2-6-13(12)17-14(18)7-8-16-10-11-4-3-9-19-11/h1-6,9,16H,7-8,10H2,(H,17,18). The maximum absolute atomic E-state index is 13.3. The molecule has 1 heterocycles. The summed E-state index contributed by atoms with van der Waals surface area (Å²) >= 11 is 0. The van der Waals surface area contributed by atoms with Crippen LogP contribution in [0.15, 0.2) is 47.1 Å². The van der Waals surface area contributed by atoms with Gasteiger partial charge in [0.1, 0.15) is 11.6 Å². The summed E-state index contributed by atoms with van der Waals surface area (Å²) in [5.41, 5.74) is 0.207. The fourth-order valence-corrected chi connectivity index (χ4v) is 1.60. The van der Waals surface area contributed by atoms with E-state index < -0.39 is 5.82 Å². The summed E-state index contributed by atoms with van der Waals surface area (Å²) in [6, 6.07) is 9.76. The molecule has 2 N–H and O–H groups in total. The second-order valence-electron chi connectivity index (χ2n) is 4.03. The van der Waals surface area contributed by atoms with Crippen LogP contribution in [0.3, 0.4) is 0 Å². The van der Waals surface area contributed by atoms with Crippen molar-refractivity contribution in [3.05, 3.63) is 54.2 Å². The van der Waals surface area contributed by atoms with E-state index in [2.05, 4.69) is 10.6 Å². The fourth-order valence-electron chi connectivity index (χ4n) is 1.60. The van der Waals surface area contributed by atoms with Crippen LogP contribution in [0.25, 0.3) is 0 Å². The molecule has 2 aromatic rings. The van der Waals surface area contributed by atoms with Gasteiger partial charge in [-0.3, -0.25) is 4.79 Å². The Hall–Kier alpha value is -2.14. The topological polar surface area (TPSA) is 54.3 Å². The third-order valence-corrected chi connectivity index (χ3v) is 2.56. The van der Waals surface area contributed by atoms with Crippen molar-refractivity contribution in [2.45, 2.75) is 13.0 Å². The van der Waals surface area contributed by atoms with Gasteiger partial charge >= 0.3 is 0 Å².